The molecule has 112 valence electrons. The van der Waals surface area contributed by atoms with Crippen LogP contribution in [-0.4, -0.2) is 19.8 Å². The molecule has 1 aromatic carbocycles. The molecule has 0 aromatic heterocycles. The molecule has 0 spiro atoms. The van der Waals surface area contributed by atoms with Gasteiger partial charge in [0.05, 0.1) is 0 Å². The Morgan fingerprint density at radius 3 is 2.80 bits per heavy atom. The highest BCUT2D eigenvalue weighted by molar-refractivity contribution is 6.30. The summed E-state index contributed by atoms with van der Waals surface area (Å²) in [6.45, 7) is 4.68. The fourth-order valence-corrected chi connectivity index (χ4v) is 2.90. The number of rotatable bonds is 6. The summed E-state index contributed by atoms with van der Waals surface area (Å²) in [7, 11) is 0. The summed E-state index contributed by atoms with van der Waals surface area (Å²) in [5.41, 5.74) is 0.731. The van der Waals surface area contributed by atoms with Crippen molar-refractivity contribution in [1.29, 1.82) is 0 Å². The third-order valence-corrected chi connectivity index (χ3v) is 4.12. The van der Waals surface area contributed by atoms with Crippen LogP contribution in [0, 0.1) is 11.7 Å². The van der Waals surface area contributed by atoms with Gasteiger partial charge in [-0.05, 0) is 50.3 Å². The molecule has 4 heteroatoms. The van der Waals surface area contributed by atoms with E-state index in [1.165, 1.54) is 6.07 Å². The highest BCUT2D eigenvalue weighted by Gasteiger charge is 2.22. The van der Waals surface area contributed by atoms with Gasteiger partial charge in [0.15, 0.2) is 0 Å². The van der Waals surface area contributed by atoms with Crippen molar-refractivity contribution < 1.29 is 9.13 Å². The first kappa shape index (κ1) is 15.7. The highest BCUT2D eigenvalue weighted by Crippen LogP contribution is 2.30. The first-order valence-electron chi connectivity index (χ1n) is 7.46. The van der Waals surface area contributed by atoms with Crippen molar-refractivity contribution in [3.8, 4) is 0 Å². The normalized spacial score (nSPS) is 18.1. The van der Waals surface area contributed by atoms with Crippen LogP contribution in [0.15, 0.2) is 18.2 Å². The van der Waals surface area contributed by atoms with Gasteiger partial charge in [-0.1, -0.05) is 24.6 Å². The van der Waals surface area contributed by atoms with Crippen LogP contribution in [0.2, 0.25) is 5.02 Å². The average Bonchev–Trinajstić information content (AvgIpc) is 2.45. The maximum absolute atomic E-state index is 14.1. The summed E-state index contributed by atoms with van der Waals surface area (Å²) in [6.07, 6.45) is 4.14. The van der Waals surface area contributed by atoms with Crippen molar-refractivity contribution in [3.05, 3.63) is 34.6 Å². The van der Waals surface area contributed by atoms with E-state index in [0.717, 1.165) is 51.0 Å². The van der Waals surface area contributed by atoms with Gasteiger partial charge in [0.25, 0.3) is 0 Å². The second kappa shape index (κ2) is 7.96. The zero-order chi connectivity index (χ0) is 14.4. The standard InChI is InChI=1S/C16H23ClFNO/c1-2-7-19-16(10-12-5-8-20-9-6-12)14-4-3-13(17)11-15(14)18/h3-4,11-12,16,19H,2,5-10H2,1H3. The molecule has 1 heterocycles. The van der Waals surface area contributed by atoms with Crippen molar-refractivity contribution >= 4 is 11.6 Å². The quantitative estimate of drug-likeness (QED) is 0.844. The van der Waals surface area contributed by atoms with Crippen LogP contribution in [0.5, 0.6) is 0 Å². The topological polar surface area (TPSA) is 21.3 Å². The molecule has 0 radical (unpaired) electrons. The van der Waals surface area contributed by atoms with Gasteiger partial charge >= 0.3 is 0 Å². The molecule has 0 aliphatic carbocycles. The minimum atomic E-state index is -0.210. The van der Waals surface area contributed by atoms with E-state index in [-0.39, 0.29) is 11.9 Å². The first-order chi connectivity index (χ1) is 9.70. The van der Waals surface area contributed by atoms with Gasteiger partial charge in [0.2, 0.25) is 0 Å². The second-order valence-corrected chi connectivity index (χ2v) is 5.90. The molecular formula is C16H23ClFNO. The lowest BCUT2D eigenvalue weighted by Crippen LogP contribution is -2.27. The summed E-state index contributed by atoms with van der Waals surface area (Å²) in [5, 5.41) is 3.92. The fraction of sp³-hybridized carbons (Fsp3) is 0.625. The lowest BCUT2D eigenvalue weighted by Gasteiger charge is -2.28. The van der Waals surface area contributed by atoms with Gasteiger partial charge in [0, 0.05) is 29.8 Å². The number of nitrogens with one attached hydrogen (secondary N) is 1. The van der Waals surface area contributed by atoms with E-state index in [1.54, 1.807) is 6.07 Å². The molecule has 1 N–H and O–H groups in total. The SMILES string of the molecule is CCCNC(CC1CCOCC1)c1ccc(Cl)cc1F. The summed E-state index contributed by atoms with van der Waals surface area (Å²) in [6, 6.07) is 5.05. The molecule has 1 saturated heterocycles. The molecule has 2 nitrogen and oxygen atoms in total. The Bertz CT molecular complexity index is 421. The lowest BCUT2D eigenvalue weighted by molar-refractivity contribution is 0.0604. The average molecular weight is 300 g/mol. The van der Waals surface area contributed by atoms with Crippen LogP contribution >= 0.6 is 11.6 Å². The van der Waals surface area contributed by atoms with Crippen LogP contribution in [0.3, 0.4) is 0 Å². The van der Waals surface area contributed by atoms with E-state index in [4.69, 9.17) is 16.3 Å². The Labute approximate surface area is 125 Å². The smallest absolute Gasteiger partial charge is 0.129 e. The molecule has 0 saturated carbocycles. The fourth-order valence-electron chi connectivity index (χ4n) is 2.74. The maximum Gasteiger partial charge on any atom is 0.129 e. The Morgan fingerprint density at radius 2 is 2.15 bits per heavy atom. The molecule has 20 heavy (non-hydrogen) atoms. The summed E-state index contributed by atoms with van der Waals surface area (Å²) >= 11 is 5.84. The Hall–Kier alpha value is -0.640. The monoisotopic (exact) mass is 299 g/mol. The molecule has 1 fully saturated rings. The van der Waals surface area contributed by atoms with E-state index in [1.807, 2.05) is 6.07 Å². The molecule has 1 aliphatic rings. The number of hydrogen-bond donors (Lipinski definition) is 1. The second-order valence-electron chi connectivity index (χ2n) is 5.46. The van der Waals surface area contributed by atoms with Gasteiger partial charge in [-0.25, -0.2) is 4.39 Å². The van der Waals surface area contributed by atoms with Gasteiger partial charge in [-0.2, -0.15) is 0 Å². The predicted molar refractivity (Wildman–Crippen MR) is 80.6 cm³/mol. The summed E-state index contributed by atoms with van der Waals surface area (Å²) < 4.78 is 19.5. The van der Waals surface area contributed by atoms with E-state index >= 15 is 0 Å². The number of hydrogen-bond acceptors (Lipinski definition) is 2. The summed E-state index contributed by atoms with van der Waals surface area (Å²) in [4.78, 5) is 0. The Kier molecular flexibility index (Phi) is 6.27. The van der Waals surface area contributed by atoms with Crippen LogP contribution < -0.4 is 5.32 Å². The molecule has 0 amide bonds. The Balaban J connectivity index is 2.08. The summed E-state index contributed by atoms with van der Waals surface area (Å²) in [5.74, 6) is 0.395. The van der Waals surface area contributed by atoms with Gasteiger partial charge < -0.3 is 10.1 Å². The molecule has 1 aliphatic heterocycles. The van der Waals surface area contributed by atoms with Crippen molar-refractivity contribution in [1.82, 2.24) is 5.32 Å². The van der Waals surface area contributed by atoms with Gasteiger partial charge in [0.1, 0.15) is 5.82 Å². The van der Waals surface area contributed by atoms with Crippen molar-refractivity contribution in [2.45, 2.75) is 38.6 Å². The number of benzene rings is 1. The van der Waals surface area contributed by atoms with Crippen LogP contribution in [0.1, 0.15) is 44.2 Å². The van der Waals surface area contributed by atoms with Crippen LogP contribution in [0.4, 0.5) is 4.39 Å². The van der Waals surface area contributed by atoms with E-state index in [9.17, 15) is 4.39 Å². The third-order valence-electron chi connectivity index (χ3n) is 3.89. The molecule has 2 rings (SSSR count). The van der Waals surface area contributed by atoms with E-state index in [0.29, 0.717) is 10.9 Å². The maximum atomic E-state index is 14.1. The van der Waals surface area contributed by atoms with Crippen molar-refractivity contribution in [2.24, 2.45) is 5.92 Å². The van der Waals surface area contributed by atoms with E-state index < -0.39 is 0 Å². The molecule has 0 bridgehead atoms. The highest BCUT2D eigenvalue weighted by atomic mass is 35.5. The number of halogens is 2. The van der Waals surface area contributed by atoms with Crippen molar-refractivity contribution in [2.75, 3.05) is 19.8 Å². The van der Waals surface area contributed by atoms with E-state index in [2.05, 4.69) is 12.2 Å². The zero-order valence-corrected chi connectivity index (χ0v) is 12.8. The minimum Gasteiger partial charge on any atom is -0.381 e. The van der Waals surface area contributed by atoms with Crippen LogP contribution in [0.25, 0.3) is 0 Å². The first-order valence-corrected chi connectivity index (χ1v) is 7.84. The molecule has 1 atom stereocenters. The largest absolute Gasteiger partial charge is 0.381 e. The number of ether oxygens (including phenoxy) is 1. The minimum absolute atomic E-state index is 0.0651. The lowest BCUT2D eigenvalue weighted by atomic mass is 9.89. The van der Waals surface area contributed by atoms with Crippen molar-refractivity contribution in [3.63, 3.8) is 0 Å². The third kappa shape index (κ3) is 4.44. The van der Waals surface area contributed by atoms with Gasteiger partial charge in [-0.15, -0.1) is 0 Å². The molecular weight excluding hydrogens is 277 g/mol. The zero-order valence-electron chi connectivity index (χ0n) is 12.0. The Morgan fingerprint density at radius 1 is 1.40 bits per heavy atom. The predicted octanol–water partition coefficient (Wildman–Crippen LogP) is 4.34. The molecule has 1 aromatic rings. The molecule has 1 unspecified atom stereocenters. The van der Waals surface area contributed by atoms with Gasteiger partial charge in [-0.3, -0.25) is 0 Å². The van der Waals surface area contributed by atoms with Crippen LogP contribution in [-0.2, 0) is 4.74 Å².